The average molecular weight is 302 g/mol. The van der Waals surface area contributed by atoms with Crippen LogP contribution in [0.25, 0.3) is 0 Å². The van der Waals surface area contributed by atoms with Gasteiger partial charge in [-0.2, -0.15) is 0 Å². The number of phenolic OH excluding ortho intramolecular Hbond substituents is 2. The first-order valence-corrected chi connectivity index (χ1v) is 7.45. The summed E-state index contributed by atoms with van der Waals surface area (Å²) in [6.07, 6.45) is 2.50. The van der Waals surface area contributed by atoms with Crippen molar-refractivity contribution >= 4 is 0 Å². The van der Waals surface area contributed by atoms with E-state index in [2.05, 4.69) is 0 Å². The smallest absolute Gasteiger partial charge is 0.162 e. The molecule has 22 heavy (non-hydrogen) atoms. The first-order valence-electron chi connectivity index (χ1n) is 7.45. The summed E-state index contributed by atoms with van der Waals surface area (Å²) in [5.41, 5.74) is 2.02. The molecule has 0 saturated heterocycles. The number of phenols is 2. The van der Waals surface area contributed by atoms with Crippen molar-refractivity contribution in [2.24, 2.45) is 0 Å². The zero-order valence-corrected chi connectivity index (χ0v) is 12.4. The molecule has 118 valence electrons. The fourth-order valence-electron chi connectivity index (χ4n) is 2.37. The van der Waals surface area contributed by atoms with E-state index in [4.69, 9.17) is 0 Å². The summed E-state index contributed by atoms with van der Waals surface area (Å²) < 4.78 is 0. The van der Waals surface area contributed by atoms with Crippen molar-refractivity contribution in [3.8, 4) is 11.5 Å². The van der Waals surface area contributed by atoms with Gasteiger partial charge < -0.3 is 20.4 Å². The van der Waals surface area contributed by atoms with E-state index in [1.165, 1.54) is 0 Å². The van der Waals surface area contributed by atoms with Gasteiger partial charge in [0.2, 0.25) is 0 Å². The van der Waals surface area contributed by atoms with Gasteiger partial charge in [-0.05, 0) is 54.7 Å². The van der Waals surface area contributed by atoms with Crippen LogP contribution in [-0.4, -0.2) is 26.2 Å². The molecule has 0 aromatic heterocycles. The number of benzene rings is 2. The van der Waals surface area contributed by atoms with Gasteiger partial charge in [-0.3, -0.25) is 0 Å². The van der Waals surface area contributed by atoms with Gasteiger partial charge in [0.15, 0.2) is 5.79 Å². The Morgan fingerprint density at radius 2 is 1.09 bits per heavy atom. The molecular formula is C18H22O4. The van der Waals surface area contributed by atoms with Crippen LogP contribution in [0.1, 0.15) is 30.4 Å². The molecule has 4 nitrogen and oxygen atoms in total. The number of aryl methyl sites for hydroxylation is 2. The van der Waals surface area contributed by atoms with Gasteiger partial charge in [-0.25, -0.2) is 0 Å². The molecule has 2 aromatic rings. The minimum absolute atomic E-state index is 0.205. The van der Waals surface area contributed by atoms with E-state index in [-0.39, 0.29) is 17.9 Å². The SMILES string of the molecule is Oc1ccc(CCCC(O)(O)CCc2ccc(O)cc2)cc1. The molecule has 0 saturated carbocycles. The third kappa shape index (κ3) is 5.39. The third-order valence-corrected chi connectivity index (χ3v) is 3.73. The minimum atomic E-state index is -1.69. The Balaban J connectivity index is 1.75. The molecule has 0 bridgehead atoms. The molecule has 0 aliphatic heterocycles. The van der Waals surface area contributed by atoms with Crippen LogP contribution in [0, 0.1) is 0 Å². The van der Waals surface area contributed by atoms with E-state index in [1.807, 2.05) is 12.1 Å². The third-order valence-electron chi connectivity index (χ3n) is 3.73. The first-order chi connectivity index (χ1) is 10.4. The largest absolute Gasteiger partial charge is 0.508 e. The summed E-state index contributed by atoms with van der Waals surface area (Å²) in [4.78, 5) is 0. The van der Waals surface area contributed by atoms with Crippen molar-refractivity contribution < 1.29 is 20.4 Å². The molecule has 0 atom stereocenters. The van der Waals surface area contributed by atoms with Gasteiger partial charge in [0.05, 0.1) is 0 Å². The second kappa shape index (κ2) is 7.29. The Morgan fingerprint density at radius 3 is 1.59 bits per heavy atom. The zero-order valence-electron chi connectivity index (χ0n) is 12.4. The van der Waals surface area contributed by atoms with E-state index in [1.54, 1.807) is 36.4 Å². The Kier molecular flexibility index (Phi) is 5.41. The highest BCUT2D eigenvalue weighted by Gasteiger charge is 2.22. The molecule has 4 heteroatoms. The molecule has 0 aliphatic carbocycles. The molecule has 0 fully saturated rings. The average Bonchev–Trinajstić information content (AvgIpc) is 2.49. The predicted octanol–water partition coefficient (Wildman–Crippen LogP) is 2.73. The Labute approximate surface area is 130 Å². The van der Waals surface area contributed by atoms with Crippen LogP contribution in [0.4, 0.5) is 0 Å². The lowest BCUT2D eigenvalue weighted by Gasteiger charge is -2.21. The normalized spacial score (nSPS) is 11.5. The van der Waals surface area contributed by atoms with Crippen LogP contribution in [-0.2, 0) is 12.8 Å². The summed E-state index contributed by atoms with van der Waals surface area (Å²) in [6.45, 7) is 0. The van der Waals surface area contributed by atoms with Crippen molar-refractivity contribution in [1.82, 2.24) is 0 Å². The maximum atomic E-state index is 10.0. The van der Waals surface area contributed by atoms with Crippen LogP contribution >= 0.6 is 0 Å². The van der Waals surface area contributed by atoms with Crippen molar-refractivity contribution in [3.63, 3.8) is 0 Å². The molecule has 2 rings (SSSR count). The van der Waals surface area contributed by atoms with Crippen molar-refractivity contribution in [3.05, 3.63) is 59.7 Å². The molecule has 0 spiro atoms. The van der Waals surface area contributed by atoms with Crippen molar-refractivity contribution in [1.29, 1.82) is 0 Å². The summed E-state index contributed by atoms with van der Waals surface area (Å²) >= 11 is 0. The number of aromatic hydroxyl groups is 2. The molecule has 0 aliphatic rings. The highest BCUT2D eigenvalue weighted by Crippen LogP contribution is 2.20. The number of aliphatic hydroxyl groups is 2. The number of hydrogen-bond donors (Lipinski definition) is 4. The van der Waals surface area contributed by atoms with Crippen LogP contribution in [0.5, 0.6) is 11.5 Å². The minimum Gasteiger partial charge on any atom is -0.508 e. The monoisotopic (exact) mass is 302 g/mol. The number of rotatable bonds is 7. The van der Waals surface area contributed by atoms with E-state index in [0.29, 0.717) is 19.3 Å². The van der Waals surface area contributed by atoms with Crippen LogP contribution < -0.4 is 0 Å². The lowest BCUT2D eigenvalue weighted by atomic mass is 9.98. The van der Waals surface area contributed by atoms with Crippen LogP contribution in [0.2, 0.25) is 0 Å². The van der Waals surface area contributed by atoms with E-state index in [0.717, 1.165) is 17.5 Å². The molecule has 0 heterocycles. The zero-order chi connectivity index (χ0) is 16.0. The van der Waals surface area contributed by atoms with Gasteiger partial charge in [0.1, 0.15) is 11.5 Å². The van der Waals surface area contributed by atoms with Crippen molar-refractivity contribution in [2.75, 3.05) is 0 Å². The van der Waals surface area contributed by atoms with E-state index >= 15 is 0 Å². The molecule has 4 N–H and O–H groups in total. The first kappa shape index (κ1) is 16.3. The lowest BCUT2D eigenvalue weighted by Crippen LogP contribution is -2.28. The van der Waals surface area contributed by atoms with Crippen molar-refractivity contribution in [2.45, 2.75) is 37.9 Å². The Morgan fingerprint density at radius 1 is 0.636 bits per heavy atom. The summed E-state index contributed by atoms with van der Waals surface area (Å²) in [6, 6.07) is 13.7. The second-order valence-electron chi connectivity index (χ2n) is 5.67. The quantitative estimate of drug-likeness (QED) is 0.593. The lowest BCUT2D eigenvalue weighted by molar-refractivity contribution is -0.170. The highest BCUT2D eigenvalue weighted by atomic mass is 16.5. The molecular weight excluding hydrogens is 280 g/mol. The second-order valence-corrected chi connectivity index (χ2v) is 5.67. The molecule has 0 unspecified atom stereocenters. The Hall–Kier alpha value is -2.04. The van der Waals surface area contributed by atoms with Gasteiger partial charge in [0, 0.05) is 12.8 Å². The summed E-state index contributed by atoms with van der Waals surface area (Å²) in [5.74, 6) is -1.25. The van der Waals surface area contributed by atoms with Crippen LogP contribution in [0.3, 0.4) is 0 Å². The predicted molar refractivity (Wildman–Crippen MR) is 84.6 cm³/mol. The maximum Gasteiger partial charge on any atom is 0.162 e. The summed E-state index contributed by atoms with van der Waals surface area (Å²) in [5, 5.41) is 38.5. The van der Waals surface area contributed by atoms with Gasteiger partial charge >= 0.3 is 0 Å². The number of hydrogen-bond acceptors (Lipinski definition) is 4. The molecule has 0 amide bonds. The fraction of sp³-hybridized carbons (Fsp3) is 0.333. The fourth-order valence-corrected chi connectivity index (χ4v) is 2.37. The topological polar surface area (TPSA) is 80.9 Å². The van der Waals surface area contributed by atoms with Gasteiger partial charge in [0.25, 0.3) is 0 Å². The molecule has 0 radical (unpaired) electrons. The van der Waals surface area contributed by atoms with Gasteiger partial charge in [-0.15, -0.1) is 0 Å². The van der Waals surface area contributed by atoms with Crippen LogP contribution in [0.15, 0.2) is 48.5 Å². The van der Waals surface area contributed by atoms with E-state index < -0.39 is 5.79 Å². The van der Waals surface area contributed by atoms with Gasteiger partial charge in [-0.1, -0.05) is 24.3 Å². The Bertz CT molecular complexity index is 573. The summed E-state index contributed by atoms with van der Waals surface area (Å²) in [7, 11) is 0. The standard InChI is InChI=1S/C18H22O4/c19-16-7-3-14(4-8-16)2-1-12-18(21,22)13-11-15-5-9-17(20)10-6-15/h3-10,19-22H,1-2,11-13H2. The van der Waals surface area contributed by atoms with E-state index in [9.17, 15) is 20.4 Å². The molecule has 2 aromatic carbocycles. The maximum absolute atomic E-state index is 10.0. The highest BCUT2D eigenvalue weighted by molar-refractivity contribution is 5.26.